The van der Waals surface area contributed by atoms with Crippen LogP contribution in [0.2, 0.25) is 0 Å². The monoisotopic (exact) mass is 432 g/mol. The molecule has 6 unspecified atom stereocenters. The van der Waals surface area contributed by atoms with E-state index in [0.29, 0.717) is 30.6 Å². The molecule has 0 saturated heterocycles. The second kappa shape index (κ2) is 7.72. The molecule has 3 saturated carbocycles. The average molecular weight is 433 g/mol. The van der Waals surface area contributed by atoms with Crippen LogP contribution in [0.4, 0.5) is 0 Å². The van der Waals surface area contributed by atoms with Gasteiger partial charge >= 0.3 is 11.9 Å². The van der Waals surface area contributed by atoms with E-state index in [4.69, 9.17) is 9.47 Å². The molecule has 4 aliphatic rings. The van der Waals surface area contributed by atoms with Gasteiger partial charge in [-0.05, 0) is 74.2 Å². The Kier molecular flexibility index (Phi) is 5.60. The van der Waals surface area contributed by atoms with Gasteiger partial charge in [0.25, 0.3) is 0 Å². The first kappa shape index (κ1) is 22.5. The van der Waals surface area contributed by atoms with Crippen molar-refractivity contribution in [3.63, 3.8) is 0 Å². The Balaban J connectivity index is 1.63. The Bertz CT molecular complexity index is 817. The number of carbonyl (C=O) groups is 3. The highest BCUT2D eigenvalue weighted by atomic mass is 16.6. The van der Waals surface area contributed by atoms with Gasteiger partial charge < -0.3 is 14.6 Å². The number of fused-ring (bicyclic) bond motifs is 5. The molecule has 0 spiro atoms. The number of allylic oxidation sites excluding steroid dienone is 1. The smallest absolute Gasteiger partial charge is 0.303 e. The van der Waals surface area contributed by atoms with Crippen molar-refractivity contribution in [3.05, 3.63) is 11.6 Å². The summed E-state index contributed by atoms with van der Waals surface area (Å²) >= 11 is 0. The van der Waals surface area contributed by atoms with E-state index in [-0.39, 0.29) is 17.8 Å². The van der Waals surface area contributed by atoms with E-state index in [9.17, 15) is 19.5 Å². The summed E-state index contributed by atoms with van der Waals surface area (Å²) < 4.78 is 10.7. The number of carbonyl (C=O) groups excluding carboxylic acids is 3. The maximum Gasteiger partial charge on any atom is 0.303 e. The van der Waals surface area contributed by atoms with E-state index in [1.807, 2.05) is 6.08 Å². The van der Waals surface area contributed by atoms with Crippen LogP contribution in [0.25, 0.3) is 0 Å². The highest BCUT2D eigenvalue weighted by Gasteiger charge is 2.66. The summed E-state index contributed by atoms with van der Waals surface area (Å²) in [6.07, 6.45) is 7.84. The molecule has 6 heteroatoms. The Morgan fingerprint density at radius 3 is 2.45 bits per heavy atom. The van der Waals surface area contributed by atoms with Crippen molar-refractivity contribution < 1.29 is 29.0 Å². The first-order valence-corrected chi connectivity index (χ1v) is 11.8. The van der Waals surface area contributed by atoms with Crippen molar-refractivity contribution in [2.45, 2.75) is 90.8 Å². The molecule has 0 aromatic heterocycles. The van der Waals surface area contributed by atoms with E-state index >= 15 is 0 Å². The Hall–Kier alpha value is -1.69. The van der Waals surface area contributed by atoms with Crippen molar-refractivity contribution in [2.24, 2.45) is 28.6 Å². The predicted octanol–water partition coefficient (Wildman–Crippen LogP) is 3.74. The molecule has 0 bridgehead atoms. The van der Waals surface area contributed by atoms with Crippen LogP contribution in [-0.2, 0) is 23.9 Å². The minimum absolute atomic E-state index is 0.0753. The first-order chi connectivity index (χ1) is 14.5. The molecule has 0 aromatic rings. The zero-order valence-electron chi connectivity index (χ0n) is 19.2. The lowest BCUT2D eigenvalue weighted by molar-refractivity contribution is -0.207. The lowest BCUT2D eigenvalue weighted by Crippen LogP contribution is -2.60. The van der Waals surface area contributed by atoms with E-state index in [2.05, 4.69) is 13.8 Å². The molecule has 0 radical (unpaired) electrons. The summed E-state index contributed by atoms with van der Waals surface area (Å²) in [5, 5.41) is 12.0. The van der Waals surface area contributed by atoms with Gasteiger partial charge in [0.1, 0.15) is 12.2 Å². The van der Waals surface area contributed by atoms with Gasteiger partial charge in [-0.1, -0.05) is 19.4 Å². The van der Waals surface area contributed by atoms with E-state index in [0.717, 1.165) is 38.5 Å². The second-order valence-electron chi connectivity index (χ2n) is 10.8. The molecule has 4 aliphatic carbocycles. The maximum atomic E-state index is 12.0. The van der Waals surface area contributed by atoms with Gasteiger partial charge in [-0.2, -0.15) is 0 Å². The summed E-state index contributed by atoms with van der Waals surface area (Å²) in [7, 11) is 0. The van der Waals surface area contributed by atoms with Crippen LogP contribution in [-0.4, -0.2) is 41.1 Å². The van der Waals surface area contributed by atoms with Crippen molar-refractivity contribution in [3.8, 4) is 0 Å². The Morgan fingerprint density at radius 1 is 1.06 bits per heavy atom. The van der Waals surface area contributed by atoms with Gasteiger partial charge in [-0.3, -0.25) is 14.4 Å². The molecule has 3 fully saturated rings. The van der Waals surface area contributed by atoms with Crippen LogP contribution in [0, 0.1) is 28.6 Å². The van der Waals surface area contributed by atoms with Gasteiger partial charge in [0.2, 0.25) is 0 Å². The number of esters is 2. The average Bonchev–Trinajstić information content (AvgIpc) is 2.97. The van der Waals surface area contributed by atoms with Crippen molar-refractivity contribution in [1.82, 2.24) is 0 Å². The Morgan fingerprint density at radius 2 is 1.77 bits per heavy atom. The zero-order valence-corrected chi connectivity index (χ0v) is 19.2. The van der Waals surface area contributed by atoms with Crippen molar-refractivity contribution >= 4 is 17.7 Å². The third kappa shape index (κ3) is 3.46. The highest BCUT2D eigenvalue weighted by molar-refractivity contribution is 5.91. The summed E-state index contributed by atoms with van der Waals surface area (Å²) in [5.41, 5.74) is -0.222. The lowest BCUT2D eigenvalue weighted by Gasteiger charge is -2.59. The number of aliphatic hydroxyl groups is 1. The third-order valence-electron chi connectivity index (χ3n) is 9.46. The molecule has 0 aromatic carbocycles. The minimum atomic E-state index is -1.22. The normalized spacial score (nSPS) is 42.5. The van der Waals surface area contributed by atoms with Gasteiger partial charge in [-0.15, -0.1) is 0 Å². The molecular weight excluding hydrogens is 396 g/mol. The predicted molar refractivity (Wildman–Crippen MR) is 114 cm³/mol. The molecule has 0 amide bonds. The third-order valence-corrected chi connectivity index (χ3v) is 9.46. The second-order valence-corrected chi connectivity index (χ2v) is 10.8. The maximum absolute atomic E-state index is 12.0. The van der Waals surface area contributed by atoms with Crippen molar-refractivity contribution in [2.75, 3.05) is 6.61 Å². The fraction of sp³-hybridized carbons (Fsp3) is 0.800. The summed E-state index contributed by atoms with van der Waals surface area (Å²) in [4.78, 5) is 35.3. The fourth-order valence-corrected chi connectivity index (χ4v) is 7.80. The number of rotatable bonds is 4. The van der Waals surface area contributed by atoms with Gasteiger partial charge in [-0.25, -0.2) is 0 Å². The van der Waals surface area contributed by atoms with Crippen molar-refractivity contribution in [1.29, 1.82) is 0 Å². The number of ether oxygens (including phenoxy) is 2. The van der Waals surface area contributed by atoms with E-state index in [1.54, 1.807) is 0 Å². The van der Waals surface area contributed by atoms with Gasteiger partial charge in [0, 0.05) is 25.7 Å². The van der Waals surface area contributed by atoms with Crippen LogP contribution >= 0.6 is 0 Å². The molecule has 1 N–H and O–H groups in total. The molecular formula is C25H36O6. The standard InChI is InChI=1S/C25H36O6/c1-15(26)30-14-22(31-16(2)27)25(29)12-9-21-19-6-5-17-13-18(28)7-10-23(17,3)20(19)8-11-24(21,25)4/h13,19-22,29H,5-12,14H2,1-4H3/t19?,20?,21?,22-,23?,24?,25?/m1/s1. The largest absolute Gasteiger partial charge is 0.462 e. The van der Waals surface area contributed by atoms with Gasteiger partial charge in [0.05, 0.1) is 0 Å². The molecule has 0 heterocycles. The highest BCUT2D eigenvalue weighted by Crippen LogP contribution is 2.68. The van der Waals surface area contributed by atoms with Crippen LogP contribution in [0.1, 0.15) is 79.1 Å². The SMILES string of the molecule is CC(=O)OC[C@@H](OC(C)=O)C1(O)CCC2C3CCC4=CC(=O)CCC4(C)C3CCC21C. The summed E-state index contributed by atoms with van der Waals surface area (Å²) in [6, 6.07) is 0. The van der Waals surface area contributed by atoms with E-state index < -0.39 is 29.1 Å². The van der Waals surface area contributed by atoms with Crippen LogP contribution in [0.3, 0.4) is 0 Å². The summed E-state index contributed by atoms with van der Waals surface area (Å²) in [5.74, 6) is 0.657. The topological polar surface area (TPSA) is 89.9 Å². The first-order valence-electron chi connectivity index (χ1n) is 11.8. The molecule has 6 nitrogen and oxygen atoms in total. The number of ketones is 1. The number of hydrogen-bond acceptors (Lipinski definition) is 6. The lowest BCUT2D eigenvalue weighted by atomic mass is 9.46. The minimum Gasteiger partial charge on any atom is -0.462 e. The van der Waals surface area contributed by atoms with Crippen LogP contribution < -0.4 is 0 Å². The fourth-order valence-electron chi connectivity index (χ4n) is 7.80. The van der Waals surface area contributed by atoms with E-state index in [1.165, 1.54) is 19.4 Å². The molecule has 0 aliphatic heterocycles. The Labute approximate surface area is 184 Å². The summed E-state index contributed by atoms with van der Waals surface area (Å²) in [6.45, 7) is 7.02. The quantitative estimate of drug-likeness (QED) is 0.681. The zero-order chi connectivity index (χ0) is 22.6. The molecule has 7 atom stereocenters. The molecule has 31 heavy (non-hydrogen) atoms. The van der Waals surface area contributed by atoms with Crippen LogP contribution in [0.15, 0.2) is 11.6 Å². The van der Waals surface area contributed by atoms with Crippen LogP contribution in [0.5, 0.6) is 0 Å². The molecule has 172 valence electrons. The number of hydrogen-bond donors (Lipinski definition) is 1. The molecule has 4 rings (SSSR count). The van der Waals surface area contributed by atoms with Gasteiger partial charge in [0.15, 0.2) is 11.9 Å².